The minimum Gasteiger partial charge on any atom is -0.550 e. The fraction of sp³-hybridized carbons (Fsp3) is 0.375. The van der Waals surface area contributed by atoms with Crippen molar-refractivity contribution in [1.29, 1.82) is 0 Å². The predicted molar refractivity (Wildman–Crippen MR) is 40.2 cm³/mol. The number of ketones is 1. The molecule has 1 aliphatic rings. The Balaban J connectivity index is 0.000000223. The highest BCUT2D eigenvalue weighted by Crippen LogP contribution is 2.13. The third-order valence-corrected chi connectivity index (χ3v) is 0.993. The van der Waals surface area contributed by atoms with E-state index in [1.165, 1.54) is 6.92 Å². The second-order valence-corrected chi connectivity index (χ2v) is 2.44. The number of Topliss-reactive ketones (excluding diaryl/α,β-unsaturated/α-hetero) is 1. The summed E-state index contributed by atoms with van der Waals surface area (Å²) in [5.41, 5.74) is 0. The van der Waals surface area contributed by atoms with Crippen LogP contribution in [0.4, 0.5) is 0 Å². The lowest BCUT2D eigenvalue weighted by atomic mass is 10.3. The Bertz CT molecular complexity index is 219. The molecule has 0 amide bonds. The molecule has 1 saturated heterocycles. The summed E-state index contributed by atoms with van der Waals surface area (Å²) < 4.78 is 4.31. The highest BCUT2D eigenvalue weighted by molar-refractivity contribution is 5.92. The number of ether oxygens (including phenoxy) is 1. The molecule has 1 aliphatic heterocycles. The first kappa shape index (κ1) is 11.4. The molecule has 72 valence electrons. The maximum Gasteiger partial charge on any atom is 0.318 e. The van der Waals surface area contributed by atoms with E-state index < -0.39 is 12.4 Å². The summed E-state index contributed by atoms with van der Waals surface area (Å²) in [6, 6.07) is 0. The van der Waals surface area contributed by atoms with E-state index in [-0.39, 0.29) is 11.8 Å². The summed E-state index contributed by atoms with van der Waals surface area (Å²) in [4.78, 5) is 29.1. The van der Waals surface area contributed by atoms with Crippen LogP contribution in [-0.4, -0.2) is 17.7 Å². The van der Waals surface area contributed by atoms with E-state index in [1.807, 2.05) is 0 Å². The molecular formula is C8H9O5-. The molecule has 0 N–H and O–H groups in total. The number of rotatable bonds is 2. The van der Waals surface area contributed by atoms with E-state index >= 15 is 0 Å². The smallest absolute Gasteiger partial charge is 0.318 e. The van der Waals surface area contributed by atoms with Crippen molar-refractivity contribution in [2.24, 2.45) is 0 Å². The Labute approximate surface area is 75.0 Å². The van der Waals surface area contributed by atoms with Gasteiger partial charge in [-0.15, -0.1) is 0 Å². The summed E-state index contributed by atoms with van der Waals surface area (Å²) in [7, 11) is 0. The fourth-order valence-electron chi connectivity index (χ4n) is 0.517. The lowest BCUT2D eigenvalue weighted by molar-refractivity contribution is -0.304. The summed E-state index contributed by atoms with van der Waals surface area (Å²) in [5.74, 6) is -1.27. The van der Waals surface area contributed by atoms with Gasteiger partial charge in [0.25, 0.3) is 0 Å². The van der Waals surface area contributed by atoms with Gasteiger partial charge in [0.05, 0.1) is 0 Å². The molecule has 5 nitrogen and oxygen atoms in total. The molecule has 0 aromatic rings. The van der Waals surface area contributed by atoms with Gasteiger partial charge in [-0.1, -0.05) is 6.58 Å². The normalized spacial score (nSPS) is 13.3. The van der Waals surface area contributed by atoms with Crippen molar-refractivity contribution in [2.45, 2.75) is 19.8 Å². The lowest BCUT2D eigenvalue weighted by Gasteiger charge is -2.12. The maximum atomic E-state index is 9.83. The van der Waals surface area contributed by atoms with Gasteiger partial charge in [0.1, 0.15) is 18.0 Å². The number of carbonyl (C=O) groups excluding carboxylic acids is 3. The first-order chi connectivity index (χ1) is 5.91. The second kappa shape index (κ2) is 5.08. The molecule has 0 unspecified atom stereocenters. The molecule has 0 spiro atoms. The number of hydrogen-bond acceptors (Lipinski definition) is 5. The van der Waals surface area contributed by atoms with E-state index in [1.54, 1.807) is 0 Å². The van der Waals surface area contributed by atoms with Gasteiger partial charge in [-0.25, -0.2) is 0 Å². The van der Waals surface area contributed by atoms with Crippen LogP contribution in [0.1, 0.15) is 19.8 Å². The van der Waals surface area contributed by atoms with Crippen LogP contribution in [0.15, 0.2) is 12.3 Å². The number of aliphatic carboxylic acids is 1. The lowest BCUT2D eigenvalue weighted by Crippen LogP contribution is -2.24. The van der Waals surface area contributed by atoms with Gasteiger partial charge in [0.15, 0.2) is 0 Å². The average Bonchev–Trinajstić information content (AvgIpc) is 1.82. The first-order valence-electron chi connectivity index (χ1n) is 3.49. The molecule has 5 heteroatoms. The molecule has 0 aromatic heterocycles. The zero-order valence-electron chi connectivity index (χ0n) is 7.16. The topological polar surface area (TPSA) is 83.5 Å². The molecular weight excluding hydrogens is 176 g/mol. The number of hydrogen-bond donors (Lipinski definition) is 0. The van der Waals surface area contributed by atoms with Gasteiger partial charge in [-0.05, 0) is 6.92 Å². The van der Waals surface area contributed by atoms with Crippen LogP contribution in [0.3, 0.4) is 0 Å². The fourth-order valence-corrected chi connectivity index (χ4v) is 0.517. The summed E-state index contributed by atoms with van der Waals surface area (Å²) in [6.07, 6.45) is -0.0556. The molecule has 0 radical (unpaired) electrons. The van der Waals surface area contributed by atoms with Crippen LogP contribution in [0, 0.1) is 0 Å². The maximum absolute atomic E-state index is 9.83. The Hall–Kier alpha value is -1.65. The van der Waals surface area contributed by atoms with Crippen molar-refractivity contribution in [3.05, 3.63) is 12.3 Å². The van der Waals surface area contributed by atoms with Crippen molar-refractivity contribution in [1.82, 2.24) is 0 Å². The second-order valence-electron chi connectivity index (χ2n) is 2.44. The number of esters is 1. The van der Waals surface area contributed by atoms with Crippen LogP contribution in [0.25, 0.3) is 0 Å². The highest BCUT2D eigenvalue weighted by Gasteiger charge is 2.17. The van der Waals surface area contributed by atoms with E-state index in [0.29, 0.717) is 12.2 Å². The Morgan fingerprint density at radius 1 is 1.62 bits per heavy atom. The van der Waals surface area contributed by atoms with Crippen LogP contribution in [0.2, 0.25) is 0 Å². The quantitative estimate of drug-likeness (QED) is 0.414. The van der Waals surface area contributed by atoms with Gasteiger partial charge in [0, 0.05) is 12.4 Å². The van der Waals surface area contributed by atoms with E-state index in [4.69, 9.17) is 0 Å². The molecule has 1 fully saturated rings. The Morgan fingerprint density at radius 3 is 2.08 bits per heavy atom. The van der Waals surface area contributed by atoms with Gasteiger partial charge < -0.3 is 14.6 Å². The Morgan fingerprint density at radius 2 is 2.08 bits per heavy atom. The van der Waals surface area contributed by atoms with E-state index in [0.717, 1.165) is 0 Å². The van der Waals surface area contributed by atoms with Crippen molar-refractivity contribution < 1.29 is 24.2 Å². The summed E-state index contributed by atoms with van der Waals surface area (Å²) in [5, 5.41) is 9.48. The zero-order valence-corrected chi connectivity index (χ0v) is 7.16. The number of carboxylic acid groups (broad SMARTS) is 1. The molecule has 0 atom stereocenters. The van der Waals surface area contributed by atoms with E-state index in [9.17, 15) is 19.5 Å². The summed E-state index contributed by atoms with van der Waals surface area (Å²) >= 11 is 0. The third kappa shape index (κ3) is 6.74. The minimum absolute atomic E-state index is 0.167. The Kier molecular flexibility index (Phi) is 4.43. The standard InChI is InChI=1S/C4H6O3.C4H4O2/c1-3(5)2-4(6)7;1-3-2-4(5)6-3/h2H2,1H3,(H,6,7);1-2H2/p-1. The summed E-state index contributed by atoms with van der Waals surface area (Å²) in [6.45, 7) is 4.57. The molecule has 0 aliphatic carbocycles. The average molecular weight is 185 g/mol. The molecule has 13 heavy (non-hydrogen) atoms. The van der Waals surface area contributed by atoms with Gasteiger partial charge in [-0.2, -0.15) is 0 Å². The number of cyclic esters (lactones) is 1. The van der Waals surface area contributed by atoms with Crippen molar-refractivity contribution in [3.8, 4) is 0 Å². The molecule has 0 aromatic carbocycles. The SMILES string of the molecule is C=C1CC(=O)O1.CC(=O)CC(=O)[O-]. The largest absolute Gasteiger partial charge is 0.550 e. The van der Waals surface area contributed by atoms with Crippen LogP contribution < -0.4 is 5.11 Å². The van der Waals surface area contributed by atoms with Gasteiger partial charge in [0.2, 0.25) is 0 Å². The monoisotopic (exact) mass is 185 g/mol. The predicted octanol–water partition coefficient (Wildman–Crippen LogP) is -0.838. The van der Waals surface area contributed by atoms with Gasteiger partial charge in [-0.3, -0.25) is 9.59 Å². The number of carboxylic acids is 1. The van der Waals surface area contributed by atoms with Crippen molar-refractivity contribution >= 4 is 17.7 Å². The van der Waals surface area contributed by atoms with E-state index in [2.05, 4.69) is 11.3 Å². The third-order valence-electron chi connectivity index (χ3n) is 0.993. The molecule has 1 rings (SSSR count). The molecule has 0 bridgehead atoms. The van der Waals surface area contributed by atoms with Gasteiger partial charge >= 0.3 is 5.97 Å². The van der Waals surface area contributed by atoms with Crippen molar-refractivity contribution in [2.75, 3.05) is 0 Å². The van der Waals surface area contributed by atoms with Crippen LogP contribution >= 0.6 is 0 Å². The number of carbonyl (C=O) groups is 3. The van der Waals surface area contributed by atoms with Crippen LogP contribution in [0.5, 0.6) is 0 Å². The molecule has 1 heterocycles. The minimum atomic E-state index is -1.31. The van der Waals surface area contributed by atoms with Crippen LogP contribution in [-0.2, 0) is 19.1 Å². The highest BCUT2D eigenvalue weighted by atomic mass is 16.6. The molecule has 0 saturated carbocycles. The van der Waals surface area contributed by atoms with Crippen molar-refractivity contribution in [3.63, 3.8) is 0 Å². The first-order valence-corrected chi connectivity index (χ1v) is 3.49. The zero-order chi connectivity index (χ0) is 10.4.